The number of rotatable bonds is 7. The molecule has 2 N–H and O–H groups in total. The van der Waals surface area contributed by atoms with Gasteiger partial charge in [0, 0.05) is 42.8 Å². The monoisotopic (exact) mass is 784 g/mol. The molecule has 0 spiro atoms. The van der Waals surface area contributed by atoms with E-state index in [9.17, 15) is 24.6 Å². The molecule has 3 aliphatic rings. The first kappa shape index (κ1) is 45.1. The summed E-state index contributed by atoms with van der Waals surface area (Å²) in [4.78, 5) is 57.0. The number of terminal acetylenes is 1. The van der Waals surface area contributed by atoms with Gasteiger partial charge in [-0.15, -0.1) is 6.42 Å². The van der Waals surface area contributed by atoms with E-state index in [1.54, 1.807) is 39.1 Å². The van der Waals surface area contributed by atoms with E-state index >= 15 is 0 Å². The third-order valence-corrected chi connectivity index (χ3v) is 11.2. The maximum Gasteiger partial charge on any atom is 0.316 e. The molecular formula is C41H60N4O11. The van der Waals surface area contributed by atoms with Crippen molar-refractivity contribution in [2.75, 3.05) is 27.3 Å². The molecule has 3 aliphatic heterocycles. The summed E-state index contributed by atoms with van der Waals surface area (Å²) in [6.45, 7) is 12.9. The van der Waals surface area contributed by atoms with Crippen LogP contribution in [-0.4, -0.2) is 131 Å². The zero-order chi connectivity index (χ0) is 41.5. The topological polar surface area (TPSA) is 188 Å². The van der Waals surface area contributed by atoms with Crippen molar-refractivity contribution in [3.8, 4) is 12.3 Å². The number of hydrogen-bond acceptors (Lipinski definition) is 14. The summed E-state index contributed by atoms with van der Waals surface area (Å²) in [7, 11) is 3.72. The van der Waals surface area contributed by atoms with Crippen LogP contribution in [0.5, 0.6) is 0 Å². The molecule has 15 nitrogen and oxygen atoms in total. The summed E-state index contributed by atoms with van der Waals surface area (Å²) >= 11 is 0. The summed E-state index contributed by atoms with van der Waals surface area (Å²) in [6.07, 6.45) is 1.96. The third kappa shape index (κ3) is 10.9. The molecule has 15 heteroatoms. The van der Waals surface area contributed by atoms with Gasteiger partial charge < -0.3 is 43.6 Å². The van der Waals surface area contributed by atoms with Crippen LogP contribution >= 0.6 is 0 Å². The Morgan fingerprint density at radius 2 is 1.88 bits per heavy atom. The minimum Gasteiger partial charge on any atom is -0.459 e. The van der Waals surface area contributed by atoms with Gasteiger partial charge in [-0.05, 0) is 73.0 Å². The Labute approximate surface area is 330 Å². The Kier molecular flexibility index (Phi) is 15.5. The van der Waals surface area contributed by atoms with E-state index in [1.807, 2.05) is 32.8 Å². The second-order valence-corrected chi connectivity index (χ2v) is 16.1. The number of Topliss-reactive ketones (excluding diaryl/α,β-unsaturated/α-hetero) is 1. The highest BCUT2D eigenvalue weighted by Gasteiger charge is 2.51. The quantitative estimate of drug-likeness (QED) is 0.178. The molecule has 4 rings (SSSR count). The van der Waals surface area contributed by atoms with Gasteiger partial charge in [-0.2, -0.15) is 0 Å². The number of aliphatic imine (C=N–C) groups is 1. The van der Waals surface area contributed by atoms with Crippen molar-refractivity contribution in [1.82, 2.24) is 9.88 Å². The van der Waals surface area contributed by atoms with Crippen LogP contribution in [0.3, 0.4) is 0 Å². The number of cyclic esters (lactones) is 1. The van der Waals surface area contributed by atoms with Gasteiger partial charge in [0.2, 0.25) is 5.91 Å². The first-order valence-electron chi connectivity index (χ1n) is 19.4. The van der Waals surface area contributed by atoms with Crippen molar-refractivity contribution in [3.05, 3.63) is 29.6 Å². The molecular weight excluding hydrogens is 724 g/mol. The van der Waals surface area contributed by atoms with Crippen LogP contribution in [0.4, 0.5) is 0 Å². The van der Waals surface area contributed by atoms with Crippen LogP contribution in [0.15, 0.2) is 28.5 Å². The van der Waals surface area contributed by atoms with E-state index in [1.165, 1.54) is 20.8 Å². The second-order valence-electron chi connectivity index (χ2n) is 16.1. The van der Waals surface area contributed by atoms with Gasteiger partial charge in [0.05, 0.1) is 37.1 Å². The fraction of sp³-hybridized carbons (Fsp3) is 0.707. The first-order valence-corrected chi connectivity index (χ1v) is 19.4. The Morgan fingerprint density at radius 1 is 1.16 bits per heavy atom. The lowest BCUT2D eigenvalue weighted by Gasteiger charge is -2.47. The number of aliphatic hydroxyl groups excluding tert-OH is 1. The summed E-state index contributed by atoms with van der Waals surface area (Å²) in [5.41, 5.74) is -1.35. The molecule has 56 heavy (non-hydrogen) atoms. The number of ketones is 1. The predicted molar refractivity (Wildman–Crippen MR) is 206 cm³/mol. The standard InChI is InChI=1S/C41H60N4O11/c1-12-29-15-14-28(19-42-29)20-53-44-30-21-51-34-17-31(43-27(7)46)23(3)18-40(8,52-22-30)37(56-39-36(48)32(45(10)11)16-24(4)54-39)25(5)35(47)26(6)38(49)55-33(13-2)41(34,9)50/h1,14-15,19,23-26,32-34,36-37,39,48,50H,13,16-18,20-22H2,2-11H3/b43-31?,44-30-/t23-,24-,25+,26-,32+,33-,34-,36-,37-,39+,40-,41-/m1/s1. The van der Waals surface area contributed by atoms with E-state index in [0.717, 1.165) is 0 Å². The molecule has 3 saturated heterocycles. The predicted octanol–water partition coefficient (Wildman–Crippen LogP) is 3.25. The Hall–Kier alpha value is -3.62. The Morgan fingerprint density at radius 3 is 2.48 bits per heavy atom. The molecule has 4 heterocycles. The lowest BCUT2D eigenvalue weighted by atomic mass is 9.76. The Bertz CT molecular complexity index is 1640. The van der Waals surface area contributed by atoms with Crippen molar-refractivity contribution < 1.29 is 53.1 Å². The van der Waals surface area contributed by atoms with Crippen molar-refractivity contribution in [2.24, 2.45) is 27.9 Å². The average molecular weight is 785 g/mol. The smallest absolute Gasteiger partial charge is 0.316 e. The first-order chi connectivity index (χ1) is 26.3. The number of esters is 1. The van der Waals surface area contributed by atoms with Crippen molar-refractivity contribution >= 4 is 29.1 Å². The number of amides is 1. The van der Waals surface area contributed by atoms with E-state index < -0.39 is 77.3 Å². The molecule has 3 fully saturated rings. The van der Waals surface area contributed by atoms with Crippen LogP contribution in [0.1, 0.15) is 92.3 Å². The van der Waals surface area contributed by atoms with E-state index in [-0.39, 0.29) is 56.9 Å². The number of fused-ring (bicyclic) bond motifs is 5. The number of carbonyl (C=O) groups is 3. The highest BCUT2D eigenvalue weighted by Crippen LogP contribution is 2.39. The van der Waals surface area contributed by atoms with Gasteiger partial charge >= 0.3 is 5.97 Å². The summed E-state index contributed by atoms with van der Waals surface area (Å²) < 4.78 is 32.1. The molecule has 0 aromatic carbocycles. The number of oxime groups is 1. The number of aromatic nitrogens is 1. The number of ether oxygens (including phenoxy) is 5. The van der Waals surface area contributed by atoms with Crippen molar-refractivity contribution in [2.45, 2.75) is 142 Å². The molecule has 0 unspecified atom stereocenters. The fourth-order valence-corrected chi connectivity index (χ4v) is 7.81. The minimum absolute atomic E-state index is 0.0265. The molecule has 1 aromatic rings. The van der Waals surface area contributed by atoms with Gasteiger partial charge in [0.15, 0.2) is 12.1 Å². The number of nitrogens with zero attached hydrogens (tertiary/aromatic N) is 4. The number of likely N-dealkylation sites (N-methyl/N-ethyl adjacent to an activating group) is 1. The average Bonchev–Trinajstić information content (AvgIpc) is 3.16. The zero-order valence-electron chi connectivity index (χ0n) is 34.4. The molecule has 2 bridgehead atoms. The van der Waals surface area contributed by atoms with Crippen LogP contribution in [0.25, 0.3) is 0 Å². The lowest BCUT2D eigenvalue weighted by molar-refractivity contribution is -0.296. The van der Waals surface area contributed by atoms with Gasteiger partial charge in [-0.25, -0.2) is 9.98 Å². The molecule has 310 valence electrons. The van der Waals surface area contributed by atoms with E-state index in [2.05, 4.69) is 21.1 Å². The maximum absolute atomic E-state index is 14.4. The van der Waals surface area contributed by atoms with Gasteiger partial charge in [-0.1, -0.05) is 37.9 Å². The SMILES string of the molecule is C#Cc1ccc(CO/N=C2/CO[C@@H]3CC(=NC(C)=O)[C@H](C)C[C@@](C)(OC2)[C@H](O[C@@H]2O[C@H](C)C[C@H](N(C)C)[C@H]2O)[C@@H](C)C(=O)[C@@H](C)C(=O)O[C@H](CC)[C@@]3(C)O)cn1. The van der Waals surface area contributed by atoms with Gasteiger partial charge in [-0.3, -0.25) is 14.4 Å². The second kappa shape index (κ2) is 19.2. The molecule has 0 aliphatic carbocycles. The summed E-state index contributed by atoms with van der Waals surface area (Å²) in [5.74, 6) is -2.10. The van der Waals surface area contributed by atoms with E-state index in [0.29, 0.717) is 23.4 Å². The van der Waals surface area contributed by atoms with Crippen LogP contribution in [0, 0.1) is 30.1 Å². The van der Waals surface area contributed by atoms with Crippen molar-refractivity contribution in [3.63, 3.8) is 0 Å². The molecule has 12 atom stereocenters. The largest absolute Gasteiger partial charge is 0.459 e. The van der Waals surface area contributed by atoms with E-state index in [4.69, 9.17) is 34.9 Å². The van der Waals surface area contributed by atoms with Crippen molar-refractivity contribution in [1.29, 1.82) is 0 Å². The van der Waals surface area contributed by atoms with Gasteiger partial charge in [0.25, 0.3) is 0 Å². The molecule has 0 saturated carbocycles. The lowest BCUT2D eigenvalue weighted by Crippen LogP contribution is -2.59. The number of carbonyl (C=O) groups excluding carboxylic acids is 3. The number of aliphatic hydroxyl groups is 2. The summed E-state index contributed by atoms with van der Waals surface area (Å²) in [5, 5.41) is 28.2. The van der Waals surface area contributed by atoms with Crippen LogP contribution < -0.4 is 0 Å². The third-order valence-electron chi connectivity index (χ3n) is 11.2. The highest BCUT2D eigenvalue weighted by atomic mass is 16.7. The normalized spacial score (nSPS) is 37.9. The number of hydrogen-bond donors (Lipinski definition) is 2. The van der Waals surface area contributed by atoms with Crippen LogP contribution in [-0.2, 0) is 49.5 Å². The zero-order valence-corrected chi connectivity index (χ0v) is 34.4. The number of pyridine rings is 1. The highest BCUT2D eigenvalue weighted by molar-refractivity contribution is 6.00. The summed E-state index contributed by atoms with van der Waals surface area (Å²) in [6, 6.07) is 3.14. The minimum atomic E-state index is -1.82. The molecule has 1 aromatic heterocycles. The maximum atomic E-state index is 14.4. The van der Waals surface area contributed by atoms with Gasteiger partial charge in [0.1, 0.15) is 41.7 Å². The molecule has 0 radical (unpaired) electrons. The fourth-order valence-electron chi connectivity index (χ4n) is 7.81. The van der Waals surface area contributed by atoms with Crippen LogP contribution in [0.2, 0.25) is 0 Å². The molecule has 1 amide bonds. The Balaban J connectivity index is 1.89.